The Morgan fingerprint density at radius 1 is 1.10 bits per heavy atom. The van der Waals surface area contributed by atoms with Crippen LogP contribution in [0.4, 0.5) is 5.82 Å². The molecule has 8 nitrogen and oxygen atoms in total. The number of nitrogens with one attached hydrogen (secondary N) is 2. The highest BCUT2D eigenvalue weighted by Gasteiger charge is 2.16. The largest absolute Gasteiger partial charge is 0.493 e. The summed E-state index contributed by atoms with van der Waals surface area (Å²) < 4.78 is 7.38. The van der Waals surface area contributed by atoms with Crippen LogP contribution in [0.15, 0.2) is 60.9 Å². The van der Waals surface area contributed by atoms with Crippen molar-refractivity contribution < 1.29 is 9.53 Å². The molecule has 0 saturated carbocycles. The van der Waals surface area contributed by atoms with Gasteiger partial charge in [0.1, 0.15) is 17.4 Å². The average Bonchev–Trinajstić information content (AvgIpc) is 3.31. The summed E-state index contributed by atoms with van der Waals surface area (Å²) in [7, 11) is 0. The molecule has 4 aromatic rings. The van der Waals surface area contributed by atoms with E-state index in [1.54, 1.807) is 10.9 Å². The molecule has 0 saturated heterocycles. The van der Waals surface area contributed by atoms with Crippen molar-refractivity contribution in [2.75, 3.05) is 25.0 Å². The number of rotatable bonds is 8. The van der Waals surface area contributed by atoms with Crippen molar-refractivity contribution in [3.05, 3.63) is 72.3 Å². The summed E-state index contributed by atoms with van der Waals surface area (Å²) in [5.74, 6) is 2.41. The molecule has 31 heavy (non-hydrogen) atoms. The van der Waals surface area contributed by atoms with Crippen LogP contribution in [0.2, 0.25) is 0 Å². The number of benzene rings is 2. The third-order valence-corrected chi connectivity index (χ3v) is 4.70. The number of carbonyl (C=O) groups excluding carboxylic acids is 1. The van der Waals surface area contributed by atoms with Crippen molar-refractivity contribution in [2.45, 2.75) is 13.8 Å². The van der Waals surface area contributed by atoms with E-state index in [1.165, 1.54) is 0 Å². The quantitative estimate of drug-likeness (QED) is 0.428. The first kappa shape index (κ1) is 20.3. The van der Waals surface area contributed by atoms with Crippen LogP contribution in [0.3, 0.4) is 0 Å². The predicted molar refractivity (Wildman–Crippen MR) is 120 cm³/mol. The number of anilines is 1. The first-order chi connectivity index (χ1) is 15.2. The molecule has 2 aromatic carbocycles. The molecule has 0 fully saturated rings. The van der Waals surface area contributed by atoms with Crippen molar-refractivity contribution in [1.29, 1.82) is 0 Å². The fourth-order valence-electron chi connectivity index (χ4n) is 3.38. The first-order valence-corrected chi connectivity index (χ1v) is 10.2. The van der Waals surface area contributed by atoms with Crippen molar-refractivity contribution in [3.63, 3.8) is 0 Å². The second kappa shape index (κ2) is 9.25. The molecule has 0 spiro atoms. The zero-order valence-corrected chi connectivity index (χ0v) is 17.5. The molecule has 0 aliphatic rings. The van der Waals surface area contributed by atoms with Gasteiger partial charge in [-0.15, -0.1) is 0 Å². The van der Waals surface area contributed by atoms with Crippen LogP contribution < -0.4 is 15.4 Å². The Hall–Kier alpha value is -3.94. The van der Waals surface area contributed by atoms with E-state index in [-0.39, 0.29) is 5.91 Å². The summed E-state index contributed by atoms with van der Waals surface area (Å²) in [4.78, 5) is 21.8. The molecule has 158 valence electrons. The predicted octanol–water partition coefficient (Wildman–Crippen LogP) is 3.36. The van der Waals surface area contributed by atoms with Gasteiger partial charge in [-0.2, -0.15) is 5.10 Å². The van der Waals surface area contributed by atoms with E-state index in [9.17, 15) is 4.79 Å². The zero-order chi connectivity index (χ0) is 21.6. The van der Waals surface area contributed by atoms with E-state index in [0.717, 1.165) is 10.8 Å². The summed E-state index contributed by atoms with van der Waals surface area (Å²) in [6, 6.07) is 15.3. The number of fused-ring (bicyclic) bond motifs is 1. The number of aryl methyl sites for hydroxylation is 1. The highest BCUT2D eigenvalue weighted by Crippen LogP contribution is 2.28. The maximum Gasteiger partial charge on any atom is 0.255 e. The highest BCUT2D eigenvalue weighted by molar-refractivity contribution is 6.09. The second-order valence-electron chi connectivity index (χ2n) is 6.88. The number of nitrogens with zero attached hydrogens (tertiary/aromatic N) is 4. The zero-order valence-electron chi connectivity index (χ0n) is 17.5. The number of hydrogen-bond donors (Lipinski definition) is 2. The number of ether oxygens (including phenoxy) is 1. The van der Waals surface area contributed by atoms with Crippen molar-refractivity contribution in [3.8, 4) is 11.6 Å². The lowest BCUT2D eigenvalue weighted by Crippen LogP contribution is -2.29. The summed E-state index contributed by atoms with van der Waals surface area (Å²) in [5.41, 5.74) is 0.554. The molecule has 2 N–H and O–H groups in total. The van der Waals surface area contributed by atoms with Gasteiger partial charge in [0, 0.05) is 31.5 Å². The summed E-state index contributed by atoms with van der Waals surface area (Å²) in [6.45, 7) is 5.16. The minimum absolute atomic E-state index is 0.168. The summed E-state index contributed by atoms with van der Waals surface area (Å²) in [6.07, 6.45) is 3.52. The maximum atomic E-state index is 13.0. The van der Waals surface area contributed by atoms with Gasteiger partial charge in [0.2, 0.25) is 0 Å². The minimum atomic E-state index is -0.168. The van der Waals surface area contributed by atoms with E-state index in [2.05, 4.69) is 25.7 Å². The Morgan fingerprint density at radius 3 is 2.77 bits per heavy atom. The van der Waals surface area contributed by atoms with Gasteiger partial charge in [0.05, 0.1) is 12.2 Å². The smallest absolute Gasteiger partial charge is 0.255 e. The van der Waals surface area contributed by atoms with Gasteiger partial charge in [0.25, 0.3) is 5.91 Å². The lowest BCUT2D eigenvalue weighted by atomic mass is 10.0. The Kier molecular flexibility index (Phi) is 6.07. The number of aromatic nitrogens is 4. The Morgan fingerprint density at radius 2 is 1.97 bits per heavy atom. The topological polar surface area (TPSA) is 94.0 Å². The fourth-order valence-corrected chi connectivity index (χ4v) is 3.38. The number of hydrogen-bond acceptors (Lipinski definition) is 6. The van der Waals surface area contributed by atoms with E-state index in [1.807, 2.05) is 68.6 Å². The van der Waals surface area contributed by atoms with Crippen LogP contribution in [0.25, 0.3) is 16.6 Å². The minimum Gasteiger partial charge on any atom is -0.493 e. The molecule has 0 bridgehead atoms. The third-order valence-electron chi connectivity index (χ3n) is 4.70. The Balaban J connectivity index is 1.43. The van der Waals surface area contributed by atoms with Gasteiger partial charge in [0.15, 0.2) is 5.82 Å². The van der Waals surface area contributed by atoms with Gasteiger partial charge < -0.3 is 15.4 Å². The normalized spacial score (nSPS) is 10.8. The fraction of sp³-hybridized carbons (Fsp3) is 0.217. The molecular formula is C23H24N6O2. The Bertz CT molecular complexity index is 1190. The molecule has 8 heteroatoms. The number of amides is 1. The molecule has 4 rings (SSSR count). The monoisotopic (exact) mass is 416 g/mol. The first-order valence-electron chi connectivity index (χ1n) is 10.2. The highest BCUT2D eigenvalue weighted by atomic mass is 16.5. The summed E-state index contributed by atoms with van der Waals surface area (Å²) in [5, 5.41) is 12.3. The van der Waals surface area contributed by atoms with Crippen molar-refractivity contribution >= 4 is 22.5 Å². The van der Waals surface area contributed by atoms with Crippen molar-refractivity contribution in [2.24, 2.45) is 0 Å². The van der Waals surface area contributed by atoms with Crippen LogP contribution in [0, 0.1) is 6.92 Å². The van der Waals surface area contributed by atoms with Gasteiger partial charge in [-0.1, -0.05) is 30.3 Å². The SMILES string of the molecule is CCOc1ccc2ccccc2c1C(=O)NCCNc1cc(-n2cccn2)nc(C)n1. The van der Waals surface area contributed by atoms with E-state index < -0.39 is 0 Å². The lowest BCUT2D eigenvalue weighted by Gasteiger charge is -2.14. The summed E-state index contributed by atoms with van der Waals surface area (Å²) >= 11 is 0. The molecule has 0 aliphatic heterocycles. The lowest BCUT2D eigenvalue weighted by molar-refractivity contribution is 0.0953. The second-order valence-corrected chi connectivity index (χ2v) is 6.88. The van der Waals surface area contributed by atoms with Crippen LogP contribution in [-0.2, 0) is 0 Å². The van der Waals surface area contributed by atoms with Crippen molar-refractivity contribution in [1.82, 2.24) is 25.1 Å². The molecular weight excluding hydrogens is 392 g/mol. The van der Waals surface area contributed by atoms with Crippen LogP contribution in [0.1, 0.15) is 23.1 Å². The van der Waals surface area contributed by atoms with Crippen LogP contribution in [0.5, 0.6) is 5.75 Å². The van der Waals surface area contributed by atoms with Gasteiger partial charge in [-0.25, -0.2) is 14.6 Å². The van der Waals surface area contributed by atoms with E-state index in [4.69, 9.17) is 4.74 Å². The molecule has 2 heterocycles. The molecule has 0 aliphatic carbocycles. The number of carbonyl (C=O) groups is 1. The average molecular weight is 416 g/mol. The van der Waals surface area contributed by atoms with Crippen LogP contribution >= 0.6 is 0 Å². The molecule has 2 aromatic heterocycles. The standard InChI is InChI=1S/C23H24N6O2/c1-3-31-19-10-9-17-7-4-5-8-18(17)22(19)23(30)25-13-12-24-20-15-21(28-16(2)27-20)29-14-6-11-26-29/h4-11,14-15H,3,12-13H2,1-2H3,(H,25,30)(H,24,27,28). The third kappa shape index (κ3) is 4.63. The van der Waals surface area contributed by atoms with E-state index >= 15 is 0 Å². The van der Waals surface area contributed by atoms with Gasteiger partial charge in [-0.3, -0.25) is 4.79 Å². The molecule has 0 unspecified atom stereocenters. The van der Waals surface area contributed by atoms with Gasteiger partial charge >= 0.3 is 0 Å². The van der Waals surface area contributed by atoms with Gasteiger partial charge in [-0.05, 0) is 36.8 Å². The maximum absolute atomic E-state index is 13.0. The molecule has 0 atom stereocenters. The van der Waals surface area contributed by atoms with E-state index in [0.29, 0.717) is 48.5 Å². The molecule has 0 radical (unpaired) electrons. The Labute approximate surface area is 180 Å². The molecule has 1 amide bonds. The van der Waals surface area contributed by atoms with Crippen LogP contribution in [-0.4, -0.2) is 45.4 Å².